The summed E-state index contributed by atoms with van der Waals surface area (Å²) in [5.41, 5.74) is 1.92. The number of carbonyl (C=O) groups excluding carboxylic acids is 1. The first-order valence-corrected chi connectivity index (χ1v) is 8.36. The van der Waals surface area contributed by atoms with Crippen LogP contribution >= 0.6 is 11.8 Å². The summed E-state index contributed by atoms with van der Waals surface area (Å²) in [6.07, 6.45) is 1.65. The maximum absolute atomic E-state index is 12.6. The van der Waals surface area contributed by atoms with E-state index in [2.05, 4.69) is 20.5 Å². The molecule has 4 rings (SSSR count). The zero-order chi connectivity index (χ0) is 16.7. The van der Waals surface area contributed by atoms with Gasteiger partial charge in [0.15, 0.2) is 0 Å². The average Bonchev–Trinajstić information content (AvgIpc) is 2.96. The van der Waals surface area contributed by atoms with Gasteiger partial charge >= 0.3 is 0 Å². The molecule has 1 aliphatic heterocycles. The zero-order valence-electron chi connectivity index (χ0n) is 12.8. The quantitative estimate of drug-likeness (QED) is 0.662. The molecule has 3 heterocycles. The van der Waals surface area contributed by atoms with E-state index in [1.54, 1.807) is 19.4 Å². The second-order valence-electron chi connectivity index (χ2n) is 5.45. The minimum absolute atomic E-state index is 0.116. The highest BCUT2D eigenvalue weighted by Crippen LogP contribution is 2.39. The van der Waals surface area contributed by atoms with E-state index in [-0.39, 0.29) is 22.5 Å². The first-order valence-electron chi connectivity index (χ1n) is 7.31. The summed E-state index contributed by atoms with van der Waals surface area (Å²) >= 11 is 1.41. The highest BCUT2D eigenvalue weighted by molar-refractivity contribution is 8.00. The number of carbonyl (C=O) groups is 1. The fraction of sp³-hybridized carbons (Fsp3) is 0.188. The van der Waals surface area contributed by atoms with Crippen LogP contribution in [0.4, 0.5) is 5.82 Å². The molecule has 2 aromatic heterocycles. The normalized spacial score (nSPS) is 17.2. The van der Waals surface area contributed by atoms with E-state index in [9.17, 15) is 9.59 Å². The Bertz CT molecular complexity index is 994. The summed E-state index contributed by atoms with van der Waals surface area (Å²) in [6.45, 7) is 0. The van der Waals surface area contributed by atoms with Crippen LogP contribution in [0.2, 0.25) is 0 Å². The molecule has 0 spiro atoms. The molecule has 0 radical (unpaired) electrons. The number of hydrogen-bond acceptors (Lipinski definition) is 5. The molecule has 0 fully saturated rings. The van der Waals surface area contributed by atoms with Gasteiger partial charge in [-0.15, -0.1) is 11.8 Å². The number of methoxy groups -OCH3 is 1. The second kappa shape index (κ2) is 5.72. The van der Waals surface area contributed by atoms with Crippen molar-refractivity contribution in [2.75, 3.05) is 18.2 Å². The van der Waals surface area contributed by atoms with Crippen molar-refractivity contribution in [2.45, 2.75) is 5.25 Å². The van der Waals surface area contributed by atoms with E-state index in [1.165, 1.54) is 11.8 Å². The topological polar surface area (TPSA) is 99.9 Å². The van der Waals surface area contributed by atoms with Crippen LogP contribution in [0.15, 0.2) is 35.3 Å². The Labute approximate surface area is 140 Å². The van der Waals surface area contributed by atoms with Gasteiger partial charge < -0.3 is 15.0 Å². The molecular formula is C16H14N4O3S. The standard InChI is InChI=1S/C16H14N4O3S/c1-23-9-3-2-8-4-10(16(22)18-12(8)5-9)14-11-6-17-20-15(11)19-13(21)7-24-14/h2-6,14H,7H2,1H3,(H,18,22)(H2,17,19,20,21). The summed E-state index contributed by atoms with van der Waals surface area (Å²) in [6, 6.07) is 7.39. The lowest BCUT2D eigenvalue weighted by Crippen LogP contribution is -2.15. The van der Waals surface area contributed by atoms with Crippen LogP contribution < -0.4 is 15.6 Å². The van der Waals surface area contributed by atoms with Crippen molar-refractivity contribution >= 4 is 34.4 Å². The summed E-state index contributed by atoms with van der Waals surface area (Å²) < 4.78 is 5.19. The Kier molecular flexibility index (Phi) is 3.53. The van der Waals surface area contributed by atoms with Crippen LogP contribution in [-0.4, -0.2) is 34.0 Å². The number of fused-ring (bicyclic) bond motifs is 2. The first kappa shape index (κ1) is 14.8. The maximum atomic E-state index is 12.6. The number of H-pyrrole nitrogens is 2. The van der Waals surface area contributed by atoms with Crippen molar-refractivity contribution in [1.82, 2.24) is 15.2 Å². The number of amides is 1. The number of aromatic amines is 2. The summed E-state index contributed by atoms with van der Waals surface area (Å²) in [5.74, 6) is 1.38. The van der Waals surface area contributed by atoms with Crippen molar-refractivity contribution in [2.24, 2.45) is 0 Å². The largest absolute Gasteiger partial charge is 0.497 e. The van der Waals surface area contributed by atoms with Gasteiger partial charge in [0.25, 0.3) is 5.56 Å². The van der Waals surface area contributed by atoms with E-state index in [1.807, 2.05) is 18.2 Å². The lowest BCUT2D eigenvalue weighted by atomic mass is 10.1. The Hall–Kier alpha value is -2.74. The number of aromatic nitrogens is 3. The smallest absolute Gasteiger partial charge is 0.253 e. The van der Waals surface area contributed by atoms with Crippen molar-refractivity contribution in [1.29, 1.82) is 0 Å². The number of rotatable bonds is 2. The van der Waals surface area contributed by atoms with Gasteiger partial charge in [-0.2, -0.15) is 5.10 Å². The van der Waals surface area contributed by atoms with Crippen molar-refractivity contribution < 1.29 is 9.53 Å². The van der Waals surface area contributed by atoms with Gasteiger partial charge in [-0.05, 0) is 23.6 Å². The number of thioether (sulfide) groups is 1. The van der Waals surface area contributed by atoms with Crippen LogP contribution in [-0.2, 0) is 4.79 Å². The summed E-state index contributed by atoms with van der Waals surface area (Å²) in [4.78, 5) is 27.3. The molecule has 7 nitrogen and oxygen atoms in total. The third-order valence-electron chi connectivity index (χ3n) is 3.96. The molecule has 122 valence electrons. The summed E-state index contributed by atoms with van der Waals surface area (Å²) in [5, 5.41) is 10.2. The Morgan fingerprint density at radius 3 is 2.96 bits per heavy atom. The molecule has 8 heteroatoms. The second-order valence-corrected chi connectivity index (χ2v) is 6.54. The molecule has 0 saturated heterocycles. The molecule has 0 aliphatic carbocycles. The highest BCUT2D eigenvalue weighted by Gasteiger charge is 2.27. The number of hydrogen-bond donors (Lipinski definition) is 3. The van der Waals surface area contributed by atoms with Crippen molar-refractivity contribution in [3.8, 4) is 5.75 Å². The molecule has 1 aromatic carbocycles. The molecule has 0 bridgehead atoms. The van der Waals surface area contributed by atoms with E-state index in [0.29, 0.717) is 22.6 Å². The third-order valence-corrected chi connectivity index (χ3v) is 5.23. The van der Waals surface area contributed by atoms with Crippen LogP contribution in [0.1, 0.15) is 16.4 Å². The molecular weight excluding hydrogens is 328 g/mol. The van der Waals surface area contributed by atoms with Crippen LogP contribution in [0.5, 0.6) is 5.75 Å². The van der Waals surface area contributed by atoms with E-state index in [4.69, 9.17) is 4.74 Å². The minimum atomic E-state index is -0.270. The molecule has 3 aromatic rings. The number of anilines is 1. The Morgan fingerprint density at radius 2 is 2.12 bits per heavy atom. The van der Waals surface area contributed by atoms with Gasteiger partial charge in [-0.3, -0.25) is 14.7 Å². The molecule has 1 unspecified atom stereocenters. The van der Waals surface area contributed by atoms with E-state index < -0.39 is 0 Å². The predicted octanol–water partition coefficient (Wildman–Crippen LogP) is 2.03. The van der Waals surface area contributed by atoms with Crippen molar-refractivity contribution in [3.63, 3.8) is 0 Å². The lowest BCUT2D eigenvalue weighted by molar-refractivity contribution is -0.113. The lowest BCUT2D eigenvalue weighted by Gasteiger charge is -2.14. The fourth-order valence-electron chi connectivity index (χ4n) is 2.79. The molecule has 1 atom stereocenters. The number of nitrogens with one attached hydrogen (secondary N) is 3. The van der Waals surface area contributed by atoms with Crippen LogP contribution in [0.3, 0.4) is 0 Å². The summed E-state index contributed by atoms with van der Waals surface area (Å²) in [7, 11) is 1.58. The van der Waals surface area contributed by atoms with Crippen LogP contribution in [0.25, 0.3) is 10.9 Å². The fourth-order valence-corrected chi connectivity index (χ4v) is 3.90. The van der Waals surface area contributed by atoms with Gasteiger partial charge in [-0.25, -0.2) is 0 Å². The number of pyridine rings is 1. The van der Waals surface area contributed by atoms with Gasteiger partial charge in [0.2, 0.25) is 5.91 Å². The van der Waals surface area contributed by atoms with Gasteiger partial charge in [0.05, 0.1) is 29.8 Å². The molecule has 1 amide bonds. The SMILES string of the molecule is COc1ccc2cc(C3SCC(=O)Nc4[nH]ncc43)c(=O)[nH]c2c1. The van der Waals surface area contributed by atoms with E-state index in [0.717, 1.165) is 10.9 Å². The average molecular weight is 342 g/mol. The molecule has 0 saturated carbocycles. The van der Waals surface area contributed by atoms with Crippen molar-refractivity contribution in [3.05, 3.63) is 51.9 Å². The number of nitrogens with zero attached hydrogens (tertiary/aromatic N) is 1. The van der Waals surface area contributed by atoms with Gasteiger partial charge in [-0.1, -0.05) is 0 Å². The van der Waals surface area contributed by atoms with Gasteiger partial charge in [0, 0.05) is 17.2 Å². The van der Waals surface area contributed by atoms with Crippen LogP contribution in [0, 0.1) is 0 Å². The Balaban J connectivity index is 1.86. The number of ether oxygens (including phenoxy) is 1. The Morgan fingerprint density at radius 1 is 1.25 bits per heavy atom. The molecule has 1 aliphatic rings. The van der Waals surface area contributed by atoms with E-state index >= 15 is 0 Å². The first-order chi connectivity index (χ1) is 11.7. The monoisotopic (exact) mass is 342 g/mol. The highest BCUT2D eigenvalue weighted by atomic mass is 32.2. The molecule has 24 heavy (non-hydrogen) atoms. The predicted molar refractivity (Wildman–Crippen MR) is 92.6 cm³/mol. The number of benzene rings is 1. The molecule has 3 N–H and O–H groups in total. The van der Waals surface area contributed by atoms with Gasteiger partial charge in [0.1, 0.15) is 11.6 Å². The maximum Gasteiger partial charge on any atom is 0.253 e. The minimum Gasteiger partial charge on any atom is -0.497 e. The third kappa shape index (κ3) is 2.44. The zero-order valence-corrected chi connectivity index (χ0v) is 13.6.